The largest absolute Gasteiger partial charge is 0.416 e. The summed E-state index contributed by atoms with van der Waals surface area (Å²) in [4.78, 5) is 19.7. The van der Waals surface area contributed by atoms with Crippen LogP contribution in [0.25, 0.3) is 5.69 Å². The van der Waals surface area contributed by atoms with Crippen molar-refractivity contribution < 1.29 is 18.0 Å². The van der Waals surface area contributed by atoms with Crippen molar-refractivity contribution in [1.82, 2.24) is 9.47 Å². The average molecular weight is 369 g/mol. The lowest BCUT2D eigenvalue weighted by Gasteiger charge is -2.18. The zero-order valence-electron chi connectivity index (χ0n) is 13.9. The summed E-state index contributed by atoms with van der Waals surface area (Å²) in [5.74, 6) is 0. The number of alkyl halides is 3. The predicted molar refractivity (Wildman–Crippen MR) is 89.7 cm³/mol. The third-order valence-electron chi connectivity index (χ3n) is 4.23. The number of nitrogens with zero attached hydrogens (tertiary/aromatic N) is 3. The lowest BCUT2D eigenvalue weighted by Crippen LogP contribution is -2.32. The zero-order chi connectivity index (χ0) is 18.2. The summed E-state index contributed by atoms with van der Waals surface area (Å²) in [6.45, 7) is 4.55. The zero-order valence-corrected chi connectivity index (χ0v) is 14.7. The molecule has 1 unspecified atom stereocenters. The van der Waals surface area contributed by atoms with Crippen LogP contribution < -0.4 is 4.80 Å². The maximum absolute atomic E-state index is 12.7. The highest BCUT2D eigenvalue weighted by Crippen LogP contribution is 2.29. The first-order valence-corrected chi connectivity index (χ1v) is 8.79. The van der Waals surface area contributed by atoms with E-state index in [-0.39, 0.29) is 12.1 Å². The molecular weight excluding hydrogens is 351 g/mol. The Morgan fingerprint density at radius 1 is 1.28 bits per heavy atom. The fourth-order valence-corrected chi connectivity index (χ4v) is 3.72. The molecule has 2 aromatic rings. The molecule has 1 atom stereocenters. The van der Waals surface area contributed by atoms with Crippen molar-refractivity contribution in [1.29, 1.82) is 0 Å². The maximum atomic E-state index is 12.7. The van der Waals surface area contributed by atoms with E-state index >= 15 is 0 Å². The molecule has 0 bridgehead atoms. The van der Waals surface area contributed by atoms with E-state index in [1.165, 1.54) is 23.5 Å². The molecule has 1 aliphatic rings. The number of urea groups is 1. The minimum Gasteiger partial charge on any atom is -0.320 e. The quantitative estimate of drug-likeness (QED) is 0.735. The molecule has 0 aliphatic carbocycles. The van der Waals surface area contributed by atoms with E-state index in [1.54, 1.807) is 15.7 Å². The number of amides is 2. The lowest BCUT2D eigenvalue weighted by atomic mass is 10.2. The number of benzene rings is 1. The number of thiazole rings is 1. The first kappa shape index (κ1) is 17.7. The molecule has 3 rings (SSSR count). The Kier molecular flexibility index (Phi) is 4.73. The first-order chi connectivity index (χ1) is 11.8. The SMILES string of the molecule is Cc1cn(-c2ccc(C(F)(F)F)cc2)c(=NC(=O)N2CCCC2C)s1. The molecule has 1 aromatic heterocycles. The highest BCUT2D eigenvalue weighted by atomic mass is 32.1. The Balaban J connectivity index is 1.96. The molecule has 1 saturated heterocycles. The fourth-order valence-electron chi connectivity index (χ4n) is 2.89. The van der Waals surface area contributed by atoms with Gasteiger partial charge in [-0.1, -0.05) is 0 Å². The number of hydrogen-bond donors (Lipinski definition) is 0. The van der Waals surface area contributed by atoms with Crippen LogP contribution in [0.2, 0.25) is 0 Å². The summed E-state index contributed by atoms with van der Waals surface area (Å²) in [6, 6.07) is 4.70. The topological polar surface area (TPSA) is 37.6 Å². The van der Waals surface area contributed by atoms with Crippen LogP contribution in [0, 0.1) is 6.92 Å². The molecule has 2 amide bonds. The van der Waals surface area contributed by atoms with Gasteiger partial charge in [0.05, 0.1) is 5.56 Å². The second-order valence-electron chi connectivity index (χ2n) is 6.12. The minimum atomic E-state index is -4.37. The highest BCUT2D eigenvalue weighted by Gasteiger charge is 2.30. The van der Waals surface area contributed by atoms with Crippen molar-refractivity contribution >= 4 is 17.4 Å². The third kappa shape index (κ3) is 3.78. The van der Waals surface area contributed by atoms with E-state index in [0.29, 0.717) is 17.0 Å². The van der Waals surface area contributed by atoms with Gasteiger partial charge in [-0.15, -0.1) is 11.3 Å². The number of aryl methyl sites for hydroxylation is 1. The summed E-state index contributed by atoms with van der Waals surface area (Å²) in [5, 5.41) is 0. The van der Waals surface area contributed by atoms with Crippen molar-refractivity contribution in [2.45, 2.75) is 38.9 Å². The van der Waals surface area contributed by atoms with Crippen LogP contribution in [-0.2, 0) is 6.18 Å². The molecular formula is C17H18F3N3OS. The van der Waals surface area contributed by atoms with Crippen molar-refractivity contribution in [2.24, 2.45) is 4.99 Å². The standard InChI is InChI=1S/C17H18F3N3OS/c1-11-4-3-9-22(11)15(24)21-16-23(10-12(2)25-16)14-7-5-13(6-8-14)17(18,19)20/h5-8,10-11H,3-4,9H2,1-2H3. The number of likely N-dealkylation sites (tertiary alicyclic amines) is 1. The molecule has 2 heterocycles. The van der Waals surface area contributed by atoms with Crippen LogP contribution >= 0.6 is 11.3 Å². The summed E-state index contributed by atoms with van der Waals surface area (Å²) < 4.78 is 39.8. The van der Waals surface area contributed by atoms with Gasteiger partial charge >= 0.3 is 12.2 Å². The molecule has 1 fully saturated rings. The van der Waals surface area contributed by atoms with Gasteiger partial charge < -0.3 is 4.90 Å². The van der Waals surface area contributed by atoms with Gasteiger partial charge in [-0.3, -0.25) is 4.57 Å². The van der Waals surface area contributed by atoms with Crippen LogP contribution in [-0.4, -0.2) is 28.1 Å². The number of carbonyl (C=O) groups excluding carboxylic acids is 1. The molecule has 0 saturated carbocycles. The van der Waals surface area contributed by atoms with Gasteiger partial charge in [0.1, 0.15) is 0 Å². The molecule has 25 heavy (non-hydrogen) atoms. The van der Waals surface area contributed by atoms with Crippen LogP contribution in [0.15, 0.2) is 35.5 Å². The van der Waals surface area contributed by atoms with E-state index < -0.39 is 11.7 Å². The van der Waals surface area contributed by atoms with Crippen LogP contribution in [0.4, 0.5) is 18.0 Å². The smallest absolute Gasteiger partial charge is 0.320 e. The van der Waals surface area contributed by atoms with Gasteiger partial charge in [-0.05, 0) is 51.0 Å². The van der Waals surface area contributed by atoms with Gasteiger partial charge in [0.15, 0.2) is 4.80 Å². The third-order valence-corrected chi connectivity index (χ3v) is 5.13. The second-order valence-corrected chi connectivity index (χ2v) is 7.33. The van der Waals surface area contributed by atoms with E-state index in [2.05, 4.69) is 4.99 Å². The molecule has 0 N–H and O–H groups in total. The van der Waals surface area contributed by atoms with E-state index in [4.69, 9.17) is 0 Å². The Morgan fingerprint density at radius 3 is 2.52 bits per heavy atom. The summed E-state index contributed by atoms with van der Waals surface area (Å²) in [7, 11) is 0. The van der Waals surface area contributed by atoms with Crippen molar-refractivity contribution in [2.75, 3.05) is 6.54 Å². The Bertz CT molecular complexity index is 836. The lowest BCUT2D eigenvalue weighted by molar-refractivity contribution is -0.137. The molecule has 0 radical (unpaired) electrons. The molecule has 0 spiro atoms. The van der Waals surface area contributed by atoms with Crippen molar-refractivity contribution in [3.05, 3.63) is 45.7 Å². The van der Waals surface area contributed by atoms with Crippen molar-refractivity contribution in [3.8, 4) is 5.69 Å². The summed E-state index contributed by atoms with van der Waals surface area (Å²) in [6.07, 6.45) is -0.677. The average Bonchev–Trinajstić information content (AvgIpc) is 3.12. The summed E-state index contributed by atoms with van der Waals surface area (Å²) in [5.41, 5.74) is -0.164. The second kappa shape index (κ2) is 6.67. The molecule has 1 aliphatic heterocycles. The van der Waals surface area contributed by atoms with Crippen molar-refractivity contribution in [3.63, 3.8) is 0 Å². The number of rotatable bonds is 1. The Morgan fingerprint density at radius 2 is 1.96 bits per heavy atom. The summed E-state index contributed by atoms with van der Waals surface area (Å²) >= 11 is 1.33. The van der Waals surface area contributed by atoms with Gasteiger partial charge in [0.2, 0.25) is 0 Å². The highest BCUT2D eigenvalue weighted by molar-refractivity contribution is 7.09. The molecule has 4 nitrogen and oxygen atoms in total. The minimum absolute atomic E-state index is 0.164. The van der Waals surface area contributed by atoms with Crippen LogP contribution in [0.1, 0.15) is 30.2 Å². The maximum Gasteiger partial charge on any atom is 0.416 e. The number of halogens is 3. The number of hydrogen-bond acceptors (Lipinski definition) is 2. The van der Waals surface area contributed by atoms with Gasteiger partial charge in [0.25, 0.3) is 0 Å². The normalized spacial score (nSPS) is 18.8. The molecule has 1 aromatic carbocycles. The van der Waals surface area contributed by atoms with Crippen LogP contribution in [0.3, 0.4) is 0 Å². The van der Waals surface area contributed by atoms with Gasteiger partial charge in [-0.25, -0.2) is 4.79 Å². The van der Waals surface area contributed by atoms with Gasteiger partial charge in [-0.2, -0.15) is 18.2 Å². The molecule has 134 valence electrons. The monoisotopic (exact) mass is 369 g/mol. The first-order valence-electron chi connectivity index (χ1n) is 7.98. The number of carbonyl (C=O) groups is 1. The predicted octanol–water partition coefficient (Wildman–Crippen LogP) is 4.37. The number of aromatic nitrogens is 1. The Hall–Kier alpha value is -2.09. The van der Waals surface area contributed by atoms with E-state index in [9.17, 15) is 18.0 Å². The van der Waals surface area contributed by atoms with E-state index in [1.807, 2.05) is 13.8 Å². The van der Waals surface area contributed by atoms with Crippen LogP contribution in [0.5, 0.6) is 0 Å². The Labute approximate surface area is 147 Å². The molecule has 8 heteroatoms. The van der Waals surface area contributed by atoms with Gasteiger partial charge in [0, 0.05) is 29.3 Å². The fraction of sp³-hybridized carbons (Fsp3) is 0.412. The van der Waals surface area contributed by atoms with E-state index in [0.717, 1.165) is 29.9 Å².